The highest BCUT2D eigenvalue weighted by Crippen LogP contribution is 2.41. The molecule has 4 nitrogen and oxygen atoms in total. The van der Waals surface area contributed by atoms with E-state index in [0.717, 1.165) is 33.8 Å². The van der Waals surface area contributed by atoms with Crippen molar-refractivity contribution in [2.75, 3.05) is 0 Å². The molecule has 0 radical (unpaired) electrons. The van der Waals surface area contributed by atoms with Crippen LogP contribution in [0.3, 0.4) is 0 Å². The lowest BCUT2D eigenvalue weighted by atomic mass is 10.1. The average Bonchev–Trinajstić information content (AvgIpc) is 3.71. The van der Waals surface area contributed by atoms with Crippen molar-refractivity contribution in [2.24, 2.45) is 0 Å². The summed E-state index contributed by atoms with van der Waals surface area (Å²) in [4.78, 5) is 9.50. The topological polar surface area (TPSA) is 35.6 Å². The minimum absolute atomic E-state index is 0.893. The molecule has 0 bridgehead atoms. The molecule has 5 aromatic heterocycles. The van der Waals surface area contributed by atoms with Crippen LogP contribution < -0.4 is 0 Å². The summed E-state index contributed by atoms with van der Waals surface area (Å²) in [6.07, 6.45) is 5.83. The summed E-state index contributed by atoms with van der Waals surface area (Å²) in [6, 6.07) is 41.1. The van der Waals surface area contributed by atoms with Crippen LogP contribution in [0.4, 0.5) is 0 Å². The van der Waals surface area contributed by atoms with Gasteiger partial charge in [-0.1, -0.05) is 42.5 Å². The predicted molar refractivity (Wildman–Crippen MR) is 172 cm³/mol. The molecular weight excluding hydrogens is 520 g/mol. The summed E-state index contributed by atoms with van der Waals surface area (Å²) in [6.45, 7) is 0. The molecular formula is C36H22N4S. The number of hydrogen-bond donors (Lipinski definition) is 0. The quantitative estimate of drug-likeness (QED) is 0.223. The Balaban J connectivity index is 1.40. The first kappa shape index (κ1) is 22.5. The van der Waals surface area contributed by atoms with Gasteiger partial charge in [-0.25, -0.2) is 4.98 Å². The van der Waals surface area contributed by atoms with Crippen LogP contribution >= 0.6 is 11.3 Å². The molecule has 0 saturated carbocycles. The van der Waals surface area contributed by atoms with Crippen molar-refractivity contribution in [3.8, 4) is 22.8 Å². The van der Waals surface area contributed by atoms with E-state index in [-0.39, 0.29) is 0 Å². The minimum Gasteiger partial charge on any atom is -0.316 e. The standard InChI is InChI=1S/C36H22N4S/c1-2-9-25(10-3-1)39-17-15-23-18-27-28-19-29-26-11-4-5-13-34(26)41-35(29)21-33(28)40(32(27)20-31(23)39)36-14-6-12-30(38-36)24-8-7-16-37-22-24/h1-22H. The van der Waals surface area contributed by atoms with E-state index in [2.05, 4.69) is 130 Å². The van der Waals surface area contributed by atoms with E-state index >= 15 is 0 Å². The number of pyridine rings is 2. The average molecular weight is 543 g/mol. The highest BCUT2D eigenvalue weighted by atomic mass is 32.1. The maximum atomic E-state index is 5.18. The van der Waals surface area contributed by atoms with E-state index in [0.29, 0.717) is 0 Å². The highest BCUT2D eigenvalue weighted by Gasteiger charge is 2.18. The number of nitrogens with zero attached hydrogens (tertiary/aromatic N) is 4. The van der Waals surface area contributed by atoms with Gasteiger partial charge in [0, 0.05) is 66.2 Å². The summed E-state index contributed by atoms with van der Waals surface area (Å²) in [5, 5.41) is 6.29. The van der Waals surface area contributed by atoms with E-state index in [1.807, 2.05) is 23.6 Å². The second kappa shape index (κ2) is 8.62. The van der Waals surface area contributed by atoms with Crippen molar-refractivity contribution in [2.45, 2.75) is 0 Å². The van der Waals surface area contributed by atoms with Gasteiger partial charge in [-0.15, -0.1) is 11.3 Å². The third-order valence-corrected chi connectivity index (χ3v) is 9.16. The Bertz CT molecular complexity index is 2410. The van der Waals surface area contributed by atoms with Crippen LogP contribution in [0.15, 0.2) is 134 Å². The SMILES string of the molecule is c1ccc(-n2ccc3cc4c5cc6c(cc5n(-c5cccc(-c7cccnc7)n5)c4cc32)sc2ccccc26)cc1. The fourth-order valence-electron chi connectivity index (χ4n) is 6.15. The smallest absolute Gasteiger partial charge is 0.138 e. The van der Waals surface area contributed by atoms with Gasteiger partial charge in [0.15, 0.2) is 0 Å². The molecule has 5 heteroatoms. The number of para-hydroxylation sites is 1. The Hall–Kier alpha value is -5.26. The van der Waals surface area contributed by atoms with Crippen LogP contribution in [-0.2, 0) is 0 Å². The molecule has 0 spiro atoms. The molecule has 0 amide bonds. The van der Waals surface area contributed by atoms with Crippen LogP contribution in [-0.4, -0.2) is 19.1 Å². The molecule has 9 aromatic rings. The lowest BCUT2D eigenvalue weighted by Crippen LogP contribution is -1.99. The van der Waals surface area contributed by atoms with Crippen molar-refractivity contribution in [1.82, 2.24) is 19.1 Å². The molecule has 0 saturated heterocycles. The first-order valence-electron chi connectivity index (χ1n) is 13.7. The van der Waals surface area contributed by atoms with Gasteiger partial charge in [0.05, 0.1) is 22.2 Å². The van der Waals surface area contributed by atoms with Gasteiger partial charge in [0.25, 0.3) is 0 Å². The molecule has 0 aliphatic rings. The molecule has 0 N–H and O–H groups in total. The molecule has 0 atom stereocenters. The van der Waals surface area contributed by atoms with E-state index in [1.165, 1.54) is 41.8 Å². The van der Waals surface area contributed by atoms with E-state index in [4.69, 9.17) is 4.98 Å². The third kappa shape index (κ3) is 3.39. The zero-order chi connectivity index (χ0) is 26.9. The number of aromatic nitrogens is 4. The minimum atomic E-state index is 0.893. The van der Waals surface area contributed by atoms with Gasteiger partial charge >= 0.3 is 0 Å². The lowest BCUT2D eigenvalue weighted by Gasteiger charge is -2.10. The monoisotopic (exact) mass is 542 g/mol. The van der Waals surface area contributed by atoms with Gasteiger partial charge in [-0.3, -0.25) is 9.55 Å². The van der Waals surface area contributed by atoms with Crippen LogP contribution in [0, 0.1) is 0 Å². The second-order valence-electron chi connectivity index (χ2n) is 10.4. The summed E-state index contributed by atoms with van der Waals surface area (Å²) in [5.74, 6) is 0.893. The number of benzene rings is 4. The first-order valence-corrected chi connectivity index (χ1v) is 14.5. The van der Waals surface area contributed by atoms with Crippen molar-refractivity contribution in [3.63, 3.8) is 0 Å². The molecule has 0 aliphatic carbocycles. The summed E-state index contributed by atoms with van der Waals surface area (Å²) in [5.41, 5.74) is 6.52. The molecule has 9 rings (SSSR count). The number of rotatable bonds is 3. The molecule has 192 valence electrons. The van der Waals surface area contributed by atoms with Gasteiger partial charge < -0.3 is 4.57 Å². The van der Waals surface area contributed by atoms with Crippen molar-refractivity contribution in [1.29, 1.82) is 0 Å². The van der Waals surface area contributed by atoms with Crippen LogP contribution in [0.1, 0.15) is 0 Å². The van der Waals surface area contributed by atoms with Crippen LogP contribution in [0.2, 0.25) is 0 Å². The number of hydrogen-bond acceptors (Lipinski definition) is 3. The van der Waals surface area contributed by atoms with Crippen molar-refractivity contribution < 1.29 is 0 Å². The van der Waals surface area contributed by atoms with E-state index < -0.39 is 0 Å². The van der Waals surface area contributed by atoms with Gasteiger partial charge in [-0.05, 0) is 72.8 Å². The zero-order valence-electron chi connectivity index (χ0n) is 21.9. The maximum Gasteiger partial charge on any atom is 0.138 e. The molecule has 5 heterocycles. The lowest BCUT2D eigenvalue weighted by molar-refractivity contribution is 1.08. The maximum absolute atomic E-state index is 5.18. The van der Waals surface area contributed by atoms with Gasteiger partial charge in [0.2, 0.25) is 0 Å². The summed E-state index contributed by atoms with van der Waals surface area (Å²) < 4.78 is 7.19. The fraction of sp³-hybridized carbons (Fsp3) is 0. The van der Waals surface area contributed by atoms with Crippen molar-refractivity contribution in [3.05, 3.63) is 134 Å². The molecule has 0 aliphatic heterocycles. The van der Waals surface area contributed by atoms with Crippen LogP contribution in [0.25, 0.3) is 75.6 Å². The van der Waals surface area contributed by atoms with Crippen LogP contribution in [0.5, 0.6) is 0 Å². The number of fused-ring (bicyclic) bond motifs is 7. The molecule has 4 aromatic carbocycles. The zero-order valence-corrected chi connectivity index (χ0v) is 22.7. The Morgan fingerprint density at radius 2 is 1.44 bits per heavy atom. The Labute approximate surface area is 239 Å². The molecule has 41 heavy (non-hydrogen) atoms. The first-order chi connectivity index (χ1) is 20.3. The van der Waals surface area contributed by atoms with Gasteiger partial charge in [-0.2, -0.15) is 0 Å². The predicted octanol–water partition coefficient (Wildman–Crippen LogP) is 9.55. The summed E-state index contributed by atoms with van der Waals surface area (Å²) >= 11 is 1.85. The normalized spacial score (nSPS) is 11.9. The third-order valence-electron chi connectivity index (χ3n) is 8.03. The number of thiophene rings is 1. The fourth-order valence-corrected chi connectivity index (χ4v) is 7.27. The van der Waals surface area contributed by atoms with Gasteiger partial charge in [0.1, 0.15) is 5.82 Å². The highest BCUT2D eigenvalue weighted by molar-refractivity contribution is 7.25. The van der Waals surface area contributed by atoms with Crippen molar-refractivity contribution >= 4 is 64.2 Å². The van der Waals surface area contributed by atoms with E-state index in [1.54, 1.807) is 6.20 Å². The molecule has 0 unspecified atom stereocenters. The Morgan fingerprint density at radius 1 is 0.585 bits per heavy atom. The Morgan fingerprint density at radius 3 is 2.34 bits per heavy atom. The van der Waals surface area contributed by atoms with E-state index in [9.17, 15) is 0 Å². The molecule has 0 fully saturated rings. The second-order valence-corrected chi connectivity index (χ2v) is 11.5. The largest absolute Gasteiger partial charge is 0.316 e. The summed E-state index contributed by atoms with van der Waals surface area (Å²) in [7, 11) is 0. The Kier molecular flexibility index (Phi) is 4.74.